The van der Waals surface area contributed by atoms with Crippen molar-refractivity contribution in [3.8, 4) is 0 Å². The molecular weight excluding hydrogens is 244 g/mol. The van der Waals surface area contributed by atoms with Gasteiger partial charge in [0.2, 0.25) is 0 Å². The zero-order valence-corrected chi connectivity index (χ0v) is 13.3. The number of hydrogen-bond donors (Lipinski definition) is 1. The fraction of sp³-hybridized carbons (Fsp3) is 0.444. The lowest BCUT2D eigenvalue weighted by molar-refractivity contribution is 0.443. The molecule has 2 nitrogen and oxygen atoms in total. The molecular formula is C18H26N2. The molecule has 1 unspecified atom stereocenters. The van der Waals surface area contributed by atoms with Gasteiger partial charge in [-0.2, -0.15) is 0 Å². The summed E-state index contributed by atoms with van der Waals surface area (Å²) in [6.45, 7) is 9.79. The van der Waals surface area contributed by atoms with Crippen LogP contribution >= 0.6 is 0 Å². The number of nitrogens with zero attached hydrogens (tertiary/aromatic N) is 1. The molecule has 0 aliphatic heterocycles. The Morgan fingerprint density at radius 3 is 2.55 bits per heavy atom. The van der Waals surface area contributed by atoms with Crippen LogP contribution in [-0.2, 0) is 6.54 Å². The number of aromatic nitrogens is 1. The Morgan fingerprint density at radius 1 is 1.15 bits per heavy atom. The normalized spacial score (nSPS) is 12.9. The molecule has 0 spiro atoms. The highest BCUT2D eigenvalue weighted by molar-refractivity contribution is 5.31. The summed E-state index contributed by atoms with van der Waals surface area (Å²) in [5.41, 5.74) is 5.46. The van der Waals surface area contributed by atoms with E-state index in [1.807, 2.05) is 7.05 Å². The maximum Gasteiger partial charge on any atom is 0.0473 e. The van der Waals surface area contributed by atoms with Gasteiger partial charge in [-0.3, -0.25) is 0 Å². The van der Waals surface area contributed by atoms with E-state index in [1.54, 1.807) is 0 Å². The molecule has 0 fully saturated rings. The van der Waals surface area contributed by atoms with Crippen molar-refractivity contribution in [1.82, 2.24) is 9.88 Å². The Hall–Kier alpha value is -1.54. The van der Waals surface area contributed by atoms with Crippen LogP contribution in [0.5, 0.6) is 0 Å². The molecule has 1 N–H and O–H groups in total. The van der Waals surface area contributed by atoms with E-state index in [0.29, 0.717) is 12.0 Å². The van der Waals surface area contributed by atoms with Gasteiger partial charge in [-0.25, -0.2) is 0 Å². The molecule has 0 saturated heterocycles. The molecule has 1 aromatic carbocycles. The van der Waals surface area contributed by atoms with E-state index in [9.17, 15) is 0 Å². The minimum absolute atomic E-state index is 0.426. The van der Waals surface area contributed by atoms with Gasteiger partial charge in [0.15, 0.2) is 0 Å². The zero-order chi connectivity index (χ0) is 14.7. The molecule has 2 heteroatoms. The second kappa shape index (κ2) is 6.27. The third-order valence-electron chi connectivity index (χ3n) is 3.97. The van der Waals surface area contributed by atoms with Gasteiger partial charge in [-0.1, -0.05) is 37.6 Å². The lowest BCUT2D eigenvalue weighted by Gasteiger charge is -2.18. The van der Waals surface area contributed by atoms with Crippen molar-refractivity contribution in [3.05, 3.63) is 58.9 Å². The number of rotatable bonds is 5. The smallest absolute Gasteiger partial charge is 0.0473 e. The number of aryl methyl sites for hydroxylation is 2. The Labute approximate surface area is 122 Å². The minimum atomic E-state index is 0.426. The van der Waals surface area contributed by atoms with Crippen molar-refractivity contribution < 1.29 is 0 Å². The Morgan fingerprint density at radius 2 is 1.90 bits per heavy atom. The van der Waals surface area contributed by atoms with Gasteiger partial charge in [-0.05, 0) is 49.6 Å². The molecule has 1 aromatic heterocycles. The van der Waals surface area contributed by atoms with Crippen LogP contribution in [-0.4, -0.2) is 11.6 Å². The lowest BCUT2D eigenvalue weighted by atomic mass is 9.99. The number of hydrogen-bond acceptors (Lipinski definition) is 1. The molecule has 0 aliphatic carbocycles. The summed E-state index contributed by atoms with van der Waals surface area (Å²) in [5.74, 6) is 0.594. The average Bonchev–Trinajstić information content (AvgIpc) is 2.82. The first kappa shape index (κ1) is 14.9. The standard InChI is InChI=1S/C18H26N2/c1-13(2)18(19-5)16-8-9-20(11-16)12-17-10-14(3)6-7-15(17)4/h6-11,13,18-19H,12H2,1-5H3. The van der Waals surface area contributed by atoms with E-state index in [4.69, 9.17) is 0 Å². The first-order valence-corrected chi connectivity index (χ1v) is 7.40. The predicted octanol–water partition coefficient (Wildman–Crippen LogP) is 4.07. The molecule has 0 radical (unpaired) electrons. The fourth-order valence-electron chi connectivity index (χ4n) is 2.79. The van der Waals surface area contributed by atoms with Crippen molar-refractivity contribution in [2.75, 3.05) is 7.05 Å². The SMILES string of the molecule is CNC(c1ccn(Cc2cc(C)ccc2C)c1)C(C)C. The summed E-state index contributed by atoms with van der Waals surface area (Å²) in [7, 11) is 2.03. The van der Waals surface area contributed by atoms with Crippen LogP contribution in [0.2, 0.25) is 0 Å². The molecule has 0 amide bonds. The highest BCUT2D eigenvalue weighted by Gasteiger charge is 2.14. The maximum absolute atomic E-state index is 3.40. The van der Waals surface area contributed by atoms with Crippen LogP contribution in [0.4, 0.5) is 0 Å². The van der Waals surface area contributed by atoms with E-state index in [1.165, 1.54) is 22.3 Å². The Kier molecular flexibility index (Phi) is 4.66. The highest BCUT2D eigenvalue weighted by Crippen LogP contribution is 2.22. The molecule has 1 heterocycles. The second-order valence-corrected chi connectivity index (χ2v) is 6.06. The predicted molar refractivity (Wildman–Crippen MR) is 86.1 cm³/mol. The van der Waals surface area contributed by atoms with E-state index in [2.05, 4.69) is 74.2 Å². The summed E-state index contributed by atoms with van der Waals surface area (Å²) in [5, 5.41) is 3.40. The summed E-state index contributed by atoms with van der Waals surface area (Å²) in [4.78, 5) is 0. The molecule has 2 rings (SSSR count). The van der Waals surface area contributed by atoms with Gasteiger partial charge in [-0.15, -0.1) is 0 Å². The second-order valence-electron chi connectivity index (χ2n) is 6.06. The van der Waals surface area contributed by atoms with Crippen LogP contribution in [0.3, 0.4) is 0 Å². The first-order chi connectivity index (χ1) is 9.51. The van der Waals surface area contributed by atoms with Gasteiger partial charge < -0.3 is 9.88 Å². The largest absolute Gasteiger partial charge is 0.350 e. The van der Waals surface area contributed by atoms with Crippen LogP contribution in [0, 0.1) is 19.8 Å². The van der Waals surface area contributed by atoms with Crippen molar-refractivity contribution in [2.45, 2.75) is 40.3 Å². The fourth-order valence-corrected chi connectivity index (χ4v) is 2.79. The lowest BCUT2D eigenvalue weighted by Crippen LogP contribution is -2.21. The van der Waals surface area contributed by atoms with Gasteiger partial charge >= 0.3 is 0 Å². The maximum atomic E-state index is 3.40. The van der Waals surface area contributed by atoms with Crippen molar-refractivity contribution in [1.29, 1.82) is 0 Å². The average molecular weight is 270 g/mol. The summed E-state index contributed by atoms with van der Waals surface area (Å²) in [6, 6.07) is 9.32. The third kappa shape index (κ3) is 3.31. The summed E-state index contributed by atoms with van der Waals surface area (Å²) < 4.78 is 2.28. The number of benzene rings is 1. The topological polar surface area (TPSA) is 17.0 Å². The van der Waals surface area contributed by atoms with Gasteiger partial charge in [0.1, 0.15) is 0 Å². The minimum Gasteiger partial charge on any atom is -0.350 e. The van der Waals surface area contributed by atoms with Crippen molar-refractivity contribution in [2.24, 2.45) is 5.92 Å². The molecule has 2 aromatic rings. The molecule has 0 bridgehead atoms. The first-order valence-electron chi connectivity index (χ1n) is 7.40. The highest BCUT2D eigenvalue weighted by atomic mass is 15.0. The quantitative estimate of drug-likeness (QED) is 0.866. The van der Waals surface area contributed by atoms with E-state index < -0.39 is 0 Å². The summed E-state index contributed by atoms with van der Waals surface area (Å²) in [6.07, 6.45) is 4.45. The zero-order valence-electron chi connectivity index (χ0n) is 13.3. The van der Waals surface area contributed by atoms with E-state index in [-0.39, 0.29) is 0 Å². The monoisotopic (exact) mass is 270 g/mol. The molecule has 0 aliphatic rings. The van der Waals surface area contributed by atoms with E-state index in [0.717, 1.165) is 6.54 Å². The molecule has 108 valence electrons. The molecule has 0 saturated carbocycles. The number of nitrogens with one attached hydrogen (secondary N) is 1. The Balaban J connectivity index is 2.19. The summed E-state index contributed by atoms with van der Waals surface area (Å²) >= 11 is 0. The molecule has 20 heavy (non-hydrogen) atoms. The van der Waals surface area contributed by atoms with Crippen LogP contribution in [0.25, 0.3) is 0 Å². The van der Waals surface area contributed by atoms with Crippen molar-refractivity contribution >= 4 is 0 Å². The van der Waals surface area contributed by atoms with Crippen molar-refractivity contribution in [3.63, 3.8) is 0 Å². The van der Waals surface area contributed by atoms with Gasteiger partial charge in [0, 0.05) is 25.0 Å². The van der Waals surface area contributed by atoms with Crippen LogP contribution < -0.4 is 5.32 Å². The van der Waals surface area contributed by atoms with Crippen LogP contribution in [0.1, 0.15) is 42.1 Å². The van der Waals surface area contributed by atoms with Gasteiger partial charge in [0.25, 0.3) is 0 Å². The Bertz CT molecular complexity index is 567. The van der Waals surface area contributed by atoms with E-state index >= 15 is 0 Å². The van der Waals surface area contributed by atoms with Gasteiger partial charge in [0.05, 0.1) is 0 Å². The molecule has 1 atom stereocenters. The van der Waals surface area contributed by atoms with Crippen LogP contribution in [0.15, 0.2) is 36.7 Å². The third-order valence-corrected chi connectivity index (χ3v) is 3.97.